The maximum atomic E-state index is 12.3. The van der Waals surface area contributed by atoms with Gasteiger partial charge in [0, 0.05) is 24.7 Å². The van der Waals surface area contributed by atoms with Crippen LogP contribution < -0.4 is 5.32 Å². The van der Waals surface area contributed by atoms with Crippen LogP contribution >= 0.6 is 11.6 Å². The summed E-state index contributed by atoms with van der Waals surface area (Å²) in [6.45, 7) is 5.79. The molecule has 0 bridgehead atoms. The molecule has 3 aromatic rings. The molecule has 0 aliphatic carbocycles. The second-order valence-corrected chi connectivity index (χ2v) is 6.65. The Hall–Kier alpha value is -3.11. The SMILES string of the molecule is Cc1nc(C(=O)N[C@@H](C)Cn2ccc(-c3ccc(C#N)c(Cl)c3)n2)c(C)o1. The third-order valence-electron chi connectivity index (χ3n) is 3.98. The average Bonchev–Trinajstić information content (AvgIpc) is 3.20. The molecule has 0 aliphatic heterocycles. The Morgan fingerprint density at radius 2 is 2.19 bits per heavy atom. The summed E-state index contributed by atoms with van der Waals surface area (Å²) in [7, 11) is 0. The summed E-state index contributed by atoms with van der Waals surface area (Å²) >= 11 is 6.08. The Morgan fingerprint density at radius 1 is 1.41 bits per heavy atom. The molecule has 2 aromatic heterocycles. The predicted octanol–water partition coefficient (Wildman–Crippen LogP) is 3.50. The highest BCUT2D eigenvalue weighted by Gasteiger charge is 2.18. The van der Waals surface area contributed by atoms with Crippen molar-refractivity contribution < 1.29 is 9.21 Å². The first-order valence-corrected chi connectivity index (χ1v) is 8.73. The lowest BCUT2D eigenvalue weighted by Gasteiger charge is -2.13. The Labute approximate surface area is 161 Å². The summed E-state index contributed by atoms with van der Waals surface area (Å²) in [6.07, 6.45) is 1.83. The highest BCUT2D eigenvalue weighted by molar-refractivity contribution is 6.32. The van der Waals surface area contributed by atoms with Crippen molar-refractivity contribution in [3.8, 4) is 17.3 Å². The topological polar surface area (TPSA) is 96.7 Å². The molecule has 0 radical (unpaired) electrons. The van der Waals surface area contributed by atoms with Crippen molar-refractivity contribution in [2.45, 2.75) is 33.4 Å². The van der Waals surface area contributed by atoms with Crippen molar-refractivity contribution in [3.05, 3.63) is 58.4 Å². The number of oxazole rings is 1. The van der Waals surface area contributed by atoms with Crippen LogP contribution in [0.1, 0.15) is 34.6 Å². The summed E-state index contributed by atoms with van der Waals surface area (Å²) in [5.74, 6) is 0.683. The molecule has 1 aromatic carbocycles. The van der Waals surface area contributed by atoms with Crippen LogP contribution in [-0.4, -0.2) is 26.7 Å². The van der Waals surface area contributed by atoms with Crippen LogP contribution in [0.15, 0.2) is 34.9 Å². The summed E-state index contributed by atoms with van der Waals surface area (Å²) in [5.41, 5.74) is 2.29. The summed E-state index contributed by atoms with van der Waals surface area (Å²) in [5, 5.41) is 16.8. The number of rotatable bonds is 5. The number of hydrogen-bond acceptors (Lipinski definition) is 5. The van der Waals surface area contributed by atoms with Crippen LogP contribution in [0.4, 0.5) is 0 Å². The van der Waals surface area contributed by atoms with E-state index in [1.54, 1.807) is 36.7 Å². The van der Waals surface area contributed by atoms with Gasteiger partial charge >= 0.3 is 0 Å². The van der Waals surface area contributed by atoms with Crippen molar-refractivity contribution in [3.63, 3.8) is 0 Å². The van der Waals surface area contributed by atoms with Crippen molar-refractivity contribution in [2.24, 2.45) is 0 Å². The largest absolute Gasteiger partial charge is 0.445 e. The second-order valence-electron chi connectivity index (χ2n) is 6.24. The molecule has 0 saturated heterocycles. The molecule has 8 heteroatoms. The van der Waals surface area contributed by atoms with Crippen LogP contribution in [0.5, 0.6) is 0 Å². The van der Waals surface area contributed by atoms with Gasteiger partial charge in [-0.05, 0) is 32.0 Å². The Balaban J connectivity index is 1.67. The number of carbonyl (C=O) groups excluding carboxylic acids is 1. The van der Waals surface area contributed by atoms with E-state index in [9.17, 15) is 4.79 Å². The van der Waals surface area contributed by atoms with Gasteiger partial charge in [0.2, 0.25) is 0 Å². The number of aromatic nitrogens is 3. The van der Waals surface area contributed by atoms with E-state index in [4.69, 9.17) is 21.3 Å². The summed E-state index contributed by atoms with van der Waals surface area (Å²) in [6, 6.07) is 8.92. The molecule has 138 valence electrons. The molecule has 1 atom stereocenters. The molecule has 0 aliphatic rings. The third-order valence-corrected chi connectivity index (χ3v) is 4.30. The number of aryl methyl sites for hydroxylation is 2. The van der Waals surface area contributed by atoms with Crippen LogP contribution in [0.3, 0.4) is 0 Å². The van der Waals surface area contributed by atoms with E-state index in [0.717, 1.165) is 11.3 Å². The third kappa shape index (κ3) is 4.18. The number of nitriles is 1. The van der Waals surface area contributed by atoms with Crippen molar-refractivity contribution in [2.75, 3.05) is 0 Å². The fourth-order valence-electron chi connectivity index (χ4n) is 2.74. The minimum Gasteiger partial charge on any atom is -0.445 e. The first-order chi connectivity index (χ1) is 12.9. The number of carbonyl (C=O) groups is 1. The van der Waals surface area contributed by atoms with E-state index in [1.807, 2.05) is 25.3 Å². The molecule has 1 N–H and O–H groups in total. The van der Waals surface area contributed by atoms with Gasteiger partial charge in [0.25, 0.3) is 5.91 Å². The number of benzene rings is 1. The van der Waals surface area contributed by atoms with Gasteiger partial charge in [-0.2, -0.15) is 10.4 Å². The fraction of sp³-hybridized carbons (Fsp3) is 0.263. The number of hydrogen-bond donors (Lipinski definition) is 1. The van der Waals surface area contributed by atoms with Gasteiger partial charge in [0.15, 0.2) is 11.6 Å². The zero-order valence-corrected chi connectivity index (χ0v) is 15.9. The van der Waals surface area contributed by atoms with Crippen molar-refractivity contribution in [1.82, 2.24) is 20.1 Å². The standard InChI is InChI=1S/C19H18ClN5O2/c1-11(22-19(26)18-12(2)27-13(3)23-18)10-25-7-6-17(24-25)14-4-5-15(9-21)16(20)8-14/h4-8,11H,10H2,1-3H3,(H,22,26)/t11-/m0/s1. The molecule has 0 saturated carbocycles. The van der Waals surface area contributed by atoms with Crippen molar-refractivity contribution >= 4 is 17.5 Å². The first kappa shape index (κ1) is 18.7. The lowest BCUT2D eigenvalue weighted by atomic mass is 10.1. The van der Waals surface area contributed by atoms with Gasteiger partial charge in [0.1, 0.15) is 11.8 Å². The maximum Gasteiger partial charge on any atom is 0.273 e. The molecule has 2 heterocycles. The highest BCUT2D eigenvalue weighted by atomic mass is 35.5. The Bertz CT molecular complexity index is 1030. The van der Waals surface area contributed by atoms with E-state index in [-0.39, 0.29) is 11.9 Å². The van der Waals surface area contributed by atoms with E-state index in [1.165, 1.54) is 0 Å². The quantitative estimate of drug-likeness (QED) is 0.727. The molecular weight excluding hydrogens is 366 g/mol. The van der Waals surface area contributed by atoms with Gasteiger partial charge in [-0.3, -0.25) is 9.48 Å². The Kier molecular flexibility index (Phi) is 5.28. The zero-order valence-electron chi connectivity index (χ0n) is 15.2. The monoisotopic (exact) mass is 383 g/mol. The number of nitrogens with one attached hydrogen (secondary N) is 1. The summed E-state index contributed by atoms with van der Waals surface area (Å²) in [4.78, 5) is 16.4. The second kappa shape index (κ2) is 7.64. The molecule has 3 rings (SSSR count). The smallest absolute Gasteiger partial charge is 0.273 e. The van der Waals surface area contributed by atoms with E-state index < -0.39 is 0 Å². The van der Waals surface area contributed by atoms with E-state index in [0.29, 0.717) is 34.5 Å². The maximum absolute atomic E-state index is 12.3. The van der Waals surface area contributed by atoms with Crippen LogP contribution in [0, 0.1) is 25.2 Å². The first-order valence-electron chi connectivity index (χ1n) is 8.35. The lowest BCUT2D eigenvalue weighted by molar-refractivity contribution is 0.0930. The average molecular weight is 384 g/mol. The highest BCUT2D eigenvalue weighted by Crippen LogP contribution is 2.24. The minimum atomic E-state index is -0.275. The fourth-order valence-corrected chi connectivity index (χ4v) is 2.96. The predicted molar refractivity (Wildman–Crippen MR) is 100 cm³/mol. The number of halogens is 1. The molecule has 7 nitrogen and oxygen atoms in total. The molecule has 0 unspecified atom stereocenters. The van der Waals surface area contributed by atoms with Crippen LogP contribution in [-0.2, 0) is 6.54 Å². The Morgan fingerprint density at radius 3 is 2.81 bits per heavy atom. The molecule has 1 amide bonds. The van der Waals surface area contributed by atoms with Gasteiger partial charge in [-0.25, -0.2) is 4.98 Å². The van der Waals surface area contributed by atoms with E-state index >= 15 is 0 Å². The normalized spacial score (nSPS) is 11.8. The molecule has 0 spiro atoms. The number of amides is 1. The van der Waals surface area contributed by atoms with Crippen LogP contribution in [0.25, 0.3) is 11.3 Å². The molecule has 0 fully saturated rings. The van der Waals surface area contributed by atoms with Gasteiger partial charge in [-0.15, -0.1) is 0 Å². The molecular formula is C19H18ClN5O2. The van der Waals surface area contributed by atoms with Crippen LogP contribution in [0.2, 0.25) is 5.02 Å². The van der Waals surface area contributed by atoms with Gasteiger partial charge in [-0.1, -0.05) is 17.7 Å². The van der Waals surface area contributed by atoms with Crippen molar-refractivity contribution in [1.29, 1.82) is 5.26 Å². The minimum absolute atomic E-state index is 0.161. The zero-order chi connectivity index (χ0) is 19.6. The summed E-state index contributed by atoms with van der Waals surface area (Å²) < 4.78 is 7.04. The molecule has 27 heavy (non-hydrogen) atoms. The van der Waals surface area contributed by atoms with E-state index in [2.05, 4.69) is 15.4 Å². The number of nitrogens with zero attached hydrogens (tertiary/aromatic N) is 4. The van der Waals surface area contributed by atoms with Gasteiger partial charge < -0.3 is 9.73 Å². The van der Waals surface area contributed by atoms with Gasteiger partial charge in [0.05, 0.1) is 22.8 Å². The lowest BCUT2D eigenvalue weighted by Crippen LogP contribution is -2.36.